The minimum atomic E-state index is -3.37. The minimum Gasteiger partial charge on any atom is -0.330 e. The van der Waals surface area contributed by atoms with Gasteiger partial charge in [-0.3, -0.25) is 0 Å². The number of sulfonamides is 1. The third kappa shape index (κ3) is 2.90. The Bertz CT molecular complexity index is 588. The summed E-state index contributed by atoms with van der Waals surface area (Å²) < 4.78 is 26.9. The summed E-state index contributed by atoms with van der Waals surface area (Å²) in [4.78, 5) is 0.400. The lowest BCUT2D eigenvalue weighted by Crippen LogP contribution is -2.44. The SMILES string of the molecule is Cc1ccc(S(=O)(=O)N2CCC(C)(CN)CC2)cc1C. The van der Waals surface area contributed by atoms with E-state index in [9.17, 15) is 8.42 Å². The van der Waals surface area contributed by atoms with E-state index < -0.39 is 10.0 Å². The topological polar surface area (TPSA) is 63.4 Å². The van der Waals surface area contributed by atoms with Gasteiger partial charge >= 0.3 is 0 Å². The molecule has 0 aliphatic carbocycles. The highest BCUT2D eigenvalue weighted by Crippen LogP contribution is 2.32. The average molecular weight is 296 g/mol. The molecule has 20 heavy (non-hydrogen) atoms. The third-order valence-corrected chi connectivity index (χ3v) is 6.43. The third-order valence-electron chi connectivity index (χ3n) is 4.54. The lowest BCUT2D eigenvalue weighted by molar-refractivity contribution is 0.183. The monoisotopic (exact) mass is 296 g/mol. The molecule has 112 valence electrons. The standard InChI is InChI=1S/C15H24N2O2S/c1-12-4-5-14(10-13(12)2)20(18,19)17-8-6-15(3,11-16)7-9-17/h4-5,10H,6-9,11,16H2,1-3H3. The van der Waals surface area contributed by atoms with E-state index in [1.54, 1.807) is 16.4 Å². The van der Waals surface area contributed by atoms with E-state index in [0.717, 1.165) is 24.0 Å². The van der Waals surface area contributed by atoms with Crippen LogP contribution in [-0.2, 0) is 10.0 Å². The Labute approximate surface area is 122 Å². The Morgan fingerprint density at radius 2 is 1.80 bits per heavy atom. The molecule has 0 amide bonds. The van der Waals surface area contributed by atoms with Gasteiger partial charge in [0, 0.05) is 13.1 Å². The lowest BCUT2D eigenvalue weighted by Gasteiger charge is -2.37. The first-order valence-corrected chi connectivity index (χ1v) is 8.50. The minimum absolute atomic E-state index is 0.0786. The first kappa shape index (κ1) is 15.5. The van der Waals surface area contributed by atoms with Crippen LogP contribution in [0.2, 0.25) is 0 Å². The molecule has 1 saturated heterocycles. The van der Waals surface area contributed by atoms with Crippen LogP contribution in [0.5, 0.6) is 0 Å². The van der Waals surface area contributed by atoms with Crippen molar-refractivity contribution >= 4 is 10.0 Å². The fourth-order valence-corrected chi connectivity index (χ4v) is 4.02. The average Bonchev–Trinajstić information content (AvgIpc) is 2.42. The molecule has 0 saturated carbocycles. The van der Waals surface area contributed by atoms with Crippen LogP contribution in [-0.4, -0.2) is 32.4 Å². The Morgan fingerprint density at radius 1 is 1.20 bits per heavy atom. The highest BCUT2D eigenvalue weighted by molar-refractivity contribution is 7.89. The summed E-state index contributed by atoms with van der Waals surface area (Å²) in [6.45, 7) is 7.79. The number of piperidine rings is 1. The predicted octanol–water partition coefficient (Wildman–Crippen LogP) is 2.05. The van der Waals surface area contributed by atoms with Crippen molar-refractivity contribution in [3.8, 4) is 0 Å². The molecule has 0 unspecified atom stereocenters. The maximum Gasteiger partial charge on any atom is 0.243 e. The molecule has 0 atom stereocenters. The summed E-state index contributed by atoms with van der Waals surface area (Å²) in [7, 11) is -3.37. The molecule has 0 aromatic heterocycles. The molecular formula is C15H24N2O2S. The summed E-state index contributed by atoms with van der Waals surface area (Å²) in [6, 6.07) is 5.34. The van der Waals surface area contributed by atoms with E-state index >= 15 is 0 Å². The molecule has 1 heterocycles. The van der Waals surface area contributed by atoms with Crippen molar-refractivity contribution in [1.29, 1.82) is 0 Å². The number of aryl methyl sites for hydroxylation is 2. The maximum atomic E-state index is 12.6. The van der Waals surface area contributed by atoms with Crippen LogP contribution >= 0.6 is 0 Å². The van der Waals surface area contributed by atoms with Crippen LogP contribution in [0.4, 0.5) is 0 Å². The smallest absolute Gasteiger partial charge is 0.243 e. The van der Waals surface area contributed by atoms with Crippen molar-refractivity contribution in [1.82, 2.24) is 4.31 Å². The van der Waals surface area contributed by atoms with Gasteiger partial charge in [0.15, 0.2) is 0 Å². The largest absolute Gasteiger partial charge is 0.330 e. The summed E-state index contributed by atoms with van der Waals surface area (Å²) in [6.07, 6.45) is 1.65. The predicted molar refractivity (Wildman–Crippen MR) is 81.1 cm³/mol. The molecule has 0 radical (unpaired) electrons. The molecule has 0 spiro atoms. The van der Waals surface area contributed by atoms with Crippen LogP contribution in [0.3, 0.4) is 0 Å². The van der Waals surface area contributed by atoms with Gasteiger partial charge in [0.1, 0.15) is 0 Å². The van der Waals surface area contributed by atoms with Crippen molar-refractivity contribution in [2.24, 2.45) is 11.1 Å². The van der Waals surface area contributed by atoms with Gasteiger partial charge in [0.25, 0.3) is 0 Å². The van der Waals surface area contributed by atoms with Crippen molar-refractivity contribution < 1.29 is 8.42 Å². The fraction of sp³-hybridized carbons (Fsp3) is 0.600. The van der Waals surface area contributed by atoms with Crippen molar-refractivity contribution in [2.45, 2.75) is 38.5 Å². The number of rotatable bonds is 3. The second-order valence-electron chi connectivity index (χ2n) is 6.16. The van der Waals surface area contributed by atoms with Crippen molar-refractivity contribution in [3.63, 3.8) is 0 Å². The molecule has 2 rings (SSSR count). The summed E-state index contributed by atoms with van der Waals surface area (Å²) in [5, 5.41) is 0. The molecule has 1 fully saturated rings. The molecule has 5 heteroatoms. The quantitative estimate of drug-likeness (QED) is 0.928. The van der Waals surface area contributed by atoms with E-state index in [0.29, 0.717) is 24.5 Å². The van der Waals surface area contributed by atoms with Crippen LogP contribution in [0.25, 0.3) is 0 Å². The normalized spacial score (nSPS) is 20.0. The molecule has 2 N–H and O–H groups in total. The van der Waals surface area contributed by atoms with E-state index in [1.807, 2.05) is 19.9 Å². The van der Waals surface area contributed by atoms with E-state index in [-0.39, 0.29) is 5.41 Å². The number of nitrogens with two attached hydrogens (primary N) is 1. The van der Waals surface area contributed by atoms with Crippen molar-refractivity contribution in [2.75, 3.05) is 19.6 Å². The van der Waals surface area contributed by atoms with Gasteiger partial charge in [-0.15, -0.1) is 0 Å². The Morgan fingerprint density at radius 3 is 2.30 bits per heavy atom. The Kier molecular flexibility index (Phi) is 4.23. The van der Waals surface area contributed by atoms with Gasteiger partial charge in [-0.1, -0.05) is 13.0 Å². The molecular weight excluding hydrogens is 272 g/mol. The highest BCUT2D eigenvalue weighted by atomic mass is 32.2. The van der Waals surface area contributed by atoms with Gasteiger partial charge in [0.05, 0.1) is 4.90 Å². The lowest BCUT2D eigenvalue weighted by atomic mass is 9.81. The first-order chi connectivity index (χ1) is 9.28. The molecule has 1 aliphatic heterocycles. The summed E-state index contributed by atoms with van der Waals surface area (Å²) in [5.74, 6) is 0. The van der Waals surface area contributed by atoms with Crippen LogP contribution in [0, 0.1) is 19.3 Å². The summed E-state index contributed by atoms with van der Waals surface area (Å²) in [5.41, 5.74) is 7.97. The van der Waals surface area contributed by atoms with Crippen LogP contribution < -0.4 is 5.73 Å². The zero-order valence-corrected chi connectivity index (χ0v) is 13.3. The zero-order chi connectivity index (χ0) is 15.0. The molecule has 0 bridgehead atoms. The number of hydrogen-bond acceptors (Lipinski definition) is 3. The van der Waals surface area contributed by atoms with Gasteiger partial charge in [-0.05, 0) is 61.9 Å². The maximum absolute atomic E-state index is 12.6. The highest BCUT2D eigenvalue weighted by Gasteiger charge is 2.34. The van der Waals surface area contributed by atoms with Gasteiger partial charge < -0.3 is 5.73 Å². The molecule has 1 aliphatic rings. The summed E-state index contributed by atoms with van der Waals surface area (Å²) >= 11 is 0. The van der Waals surface area contributed by atoms with E-state index in [1.165, 1.54) is 0 Å². The van der Waals surface area contributed by atoms with Gasteiger partial charge in [-0.2, -0.15) is 4.31 Å². The molecule has 4 nitrogen and oxygen atoms in total. The van der Waals surface area contributed by atoms with Crippen LogP contribution in [0.1, 0.15) is 30.9 Å². The Balaban J connectivity index is 2.22. The molecule has 1 aromatic carbocycles. The van der Waals surface area contributed by atoms with E-state index in [2.05, 4.69) is 6.92 Å². The first-order valence-electron chi connectivity index (χ1n) is 7.06. The zero-order valence-electron chi connectivity index (χ0n) is 12.5. The second-order valence-corrected chi connectivity index (χ2v) is 8.10. The number of benzene rings is 1. The van der Waals surface area contributed by atoms with Gasteiger partial charge in [-0.25, -0.2) is 8.42 Å². The fourth-order valence-electron chi connectivity index (χ4n) is 2.49. The number of hydrogen-bond donors (Lipinski definition) is 1. The molecule has 1 aromatic rings. The van der Waals surface area contributed by atoms with Gasteiger partial charge in [0.2, 0.25) is 10.0 Å². The Hall–Kier alpha value is -0.910. The van der Waals surface area contributed by atoms with E-state index in [4.69, 9.17) is 5.73 Å². The van der Waals surface area contributed by atoms with Crippen LogP contribution in [0.15, 0.2) is 23.1 Å². The second kappa shape index (κ2) is 5.47. The number of nitrogens with zero attached hydrogens (tertiary/aromatic N) is 1. The van der Waals surface area contributed by atoms with Crippen molar-refractivity contribution in [3.05, 3.63) is 29.3 Å².